The van der Waals surface area contributed by atoms with Crippen LogP contribution in [-0.2, 0) is 6.54 Å². The van der Waals surface area contributed by atoms with Crippen LogP contribution in [0.5, 0.6) is 5.88 Å². The van der Waals surface area contributed by atoms with Gasteiger partial charge in [0.2, 0.25) is 0 Å². The molecule has 0 spiro atoms. The number of rotatable bonds is 7. The number of ether oxygens (including phenoxy) is 1. The molecule has 146 valence electrons. The first-order valence-corrected chi connectivity index (χ1v) is 9.46. The lowest BCUT2D eigenvalue weighted by Crippen LogP contribution is -2.11. The largest absolute Gasteiger partial charge is 0.472 e. The van der Waals surface area contributed by atoms with Gasteiger partial charge in [0.1, 0.15) is 0 Å². The van der Waals surface area contributed by atoms with Crippen LogP contribution in [0.4, 0.5) is 5.82 Å². The maximum Gasteiger partial charge on any atom is 0.257 e. The van der Waals surface area contributed by atoms with Crippen molar-refractivity contribution in [3.63, 3.8) is 0 Å². The molecule has 1 N–H and O–H groups in total. The highest BCUT2D eigenvalue weighted by Gasteiger charge is 2.14. The maximum absolute atomic E-state index is 5.76. The Balaban J connectivity index is 1.66. The molecular formula is C22H22N6O. The number of hydrogen-bond donors (Lipinski definition) is 1. The third-order valence-electron chi connectivity index (χ3n) is 4.22. The van der Waals surface area contributed by atoms with E-state index in [0.29, 0.717) is 18.2 Å². The van der Waals surface area contributed by atoms with Gasteiger partial charge in [0, 0.05) is 48.7 Å². The lowest BCUT2D eigenvalue weighted by molar-refractivity contribution is 0.233. The Bertz CT molecular complexity index is 1060. The molecule has 4 rings (SSSR count). The fraction of sp³-hybridized carbons (Fsp3) is 0.182. The van der Waals surface area contributed by atoms with Crippen molar-refractivity contribution in [3.05, 3.63) is 79.0 Å². The number of pyridine rings is 1. The van der Waals surface area contributed by atoms with Crippen LogP contribution in [0, 0.1) is 0 Å². The van der Waals surface area contributed by atoms with Crippen molar-refractivity contribution in [3.8, 4) is 22.8 Å². The van der Waals surface area contributed by atoms with Crippen LogP contribution < -0.4 is 10.1 Å². The van der Waals surface area contributed by atoms with Gasteiger partial charge in [-0.15, -0.1) is 0 Å². The van der Waals surface area contributed by atoms with Gasteiger partial charge < -0.3 is 10.1 Å². The van der Waals surface area contributed by atoms with Crippen LogP contribution in [0.15, 0.2) is 73.4 Å². The highest BCUT2D eigenvalue weighted by Crippen LogP contribution is 2.25. The zero-order valence-electron chi connectivity index (χ0n) is 16.4. The summed E-state index contributed by atoms with van der Waals surface area (Å²) >= 11 is 0. The monoisotopic (exact) mass is 386 g/mol. The van der Waals surface area contributed by atoms with Gasteiger partial charge in [-0.2, -0.15) is 5.10 Å². The molecule has 4 aromatic rings. The maximum atomic E-state index is 5.76. The summed E-state index contributed by atoms with van der Waals surface area (Å²) in [7, 11) is 0. The average Bonchev–Trinajstić information content (AvgIpc) is 3.18. The molecule has 0 aliphatic rings. The zero-order chi connectivity index (χ0) is 20.1. The Labute approximate surface area is 169 Å². The summed E-state index contributed by atoms with van der Waals surface area (Å²) < 4.78 is 7.64. The second kappa shape index (κ2) is 8.52. The number of hydrogen-bond acceptors (Lipinski definition) is 6. The standard InChI is InChI=1S/C22H22N6O/c1-16(2)29-22-21(24-12-13-25-22)26-14-18-15-28(19-6-4-3-5-7-19)27-20(18)17-8-10-23-11-9-17/h3-13,15-16H,14H2,1-2H3,(H,24,26). The molecule has 0 saturated heterocycles. The van der Waals surface area contributed by atoms with Gasteiger partial charge in [0.25, 0.3) is 5.88 Å². The Kier molecular flexibility index (Phi) is 5.47. The molecule has 0 radical (unpaired) electrons. The lowest BCUT2D eigenvalue weighted by Gasteiger charge is -2.13. The van der Waals surface area contributed by atoms with Crippen molar-refractivity contribution >= 4 is 5.82 Å². The van der Waals surface area contributed by atoms with Crippen LogP contribution >= 0.6 is 0 Å². The number of aromatic nitrogens is 5. The van der Waals surface area contributed by atoms with E-state index in [-0.39, 0.29) is 6.10 Å². The molecule has 0 aliphatic carbocycles. The van der Waals surface area contributed by atoms with E-state index in [0.717, 1.165) is 22.5 Å². The Morgan fingerprint density at radius 3 is 2.48 bits per heavy atom. The number of para-hydroxylation sites is 1. The van der Waals surface area contributed by atoms with E-state index < -0.39 is 0 Å². The van der Waals surface area contributed by atoms with Gasteiger partial charge in [0.15, 0.2) is 5.82 Å². The molecule has 0 bridgehead atoms. The molecule has 3 heterocycles. The molecule has 0 unspecified atom stereocenters. The molecule has 1 aromatic carbocycles. The quantitative estimate of drug-likeness (QED) is 0.515. The van der Waals surface area contributed by atoms with Gasteiger partial charge in [-0.25, -0.2) is 14.6 Å². The van der Waals surface area contributed by atoms with Crippen molar-refractivity contribution in [1.29, 1.82) is 0 Å². The molecule has 0 atom stereocenters. The van der Waals surface area contributed by atoms with E-state index in [1.165, 1.54) is 0 Å². The van der Waals surface area contributed by atoms with Crippen LogP contribution in [0.3, 0.4) is 0 Å². The first kappa shape index (κ1) is 18.6. The van der Waals surface area contributed by atoms with Crippen molar-refractivity contribution < 1.29 is 4.74 Å². The summed E-state index contributed by atoms with van der Waals surface area (Å²) in [6, 6.07) is 13.9. The van der Waals surface area contributed by atoms with Crippen LogP contribution in [-0.4, -0.2) is 30.8 Å². The second-order valence-electron chi connectivity index (χ2n) is 6.75. The minimum atomic E-state index is 0.0143. The zero-order valence-corrected chi connectivity index (χ0v) is 16.4. The molecule has 0 saturated carbocycles. The molecule has 0 amide bonds. The topological polar surface area (TPSA) is 77.8 Å². The Morgan fingerprint density at radius 1 is 0.966 bits per heavy atom. The van der Waals surface area contributed by atoms with E-state index in [4.69, 9.17) is 9.84 Å². The van der Waals surface area contributed by atoms with Gasteiger partial charge in [-0.1, -0.05) is 18.2 Å². The molecule has 3 aromatic heterocycles. The van der Waals surface area contributed by atoms with Crippen molar-refractivity contribution in [1.82, 2.24) is 24.7 Å². The highest BCUT2D eigenvalue weighted by molar-refractivity contribution is 5.63. The van der Waals surface area contributed by atoms with E-state index in [1.54, 1.807) is 24.8 Å². The molecular weight excluding hydrogens is 364 g/mol. The third-order valence-corrected chi connectivity index (χ3v) is 4.22. The third kappa shape index (κ3) is 4.40. The highest BCUT2D eigenvalue weighted by atomic mass is 16.5. The van der Waals surface area contributed by atoms with E-state index in [2.05, 4.69) is 20.3 Å². The normalized spacial score (nSPS) is 10.9. The fourth-order valence-electron chi connectivity index (χ4n) is 2.94. The van der Waals surface area contributed by atoms with Gasteiger partial charge >= 0.3 is 0 Å². The predicted molar refractivity (Wildman–Crippen MR) is 112 cm³/mol. The molecule has 0 aliphatic heterocycles. The minimum absolute atomic E-state index is 0.0143. The molecule has 7 heteroatoms. The molecule has 0 fully saturated rings. The van der Waals surface area contributed by atoms with Crippen molar-refractivity contribution in [2.45, 2.75) is 26.5 Å². The molecule has 7 nitrogen and oxygen atoms in total. The first-order valence-electron chi connectivity index (χ1n) is 9.46. The number of anilines is 1. The number of nitrogens with zero attached hydrogens (tertiary/aromatic N) is 5. The molecule has 29 heavy (non-hydrogen) atoms. The number of benzene rings is 1. The Morgan fingerprint density at radius 2 is 1.72 bits per heavy atom. The van der Waals surface area contributed by atoms with Crippen molar-refractivity contribution in [2.24, 2.45) is 0 Å². The summed E-state index contributed by atoms with van der Waals surface area (Å²) in [5, 5.41) is 8.16. The SMILES string of the molecule is CC(C)Oc1nccnc1NCc1cn(-c2ccccc2)nc1-c1ccncc1. The summed E-state index contributed by atoms with van der Waals surface area (Å²) in [6.07, 6.45) is 8.85. The summed E-state index contributed by atoms with van der Waals surface area (Å²) in [5.41, 5.74) is 3.92. The summed E-state index contributed by atoms with van der Waals surface area (Å²) in [4.78, 5) is 12.8. The average molecular weight is 386 g/mol. The summed E-state index contributed by atoms with van der Waals surface area (Å²) in [6.45, 7) is 4.45. The van der Waals surface area contributed by atoms with Crippen molar-refractivity contribution in [2.75, 3.05) is 5.32 Å². The van der Waals surface area contributed by atoms with Gasteiger partial charge in [-0.3, -0.25) is 4.98 Å². The number of nitrogens with one attached hydrogen (secondary N) is 1. The van der Waals surface area contributed by atoms with E-state index in [1.807, 2.05) is 67.2 Å². The first-order chi connectivity index (χ1) is 14.2. The second-order valence-corrected chi connectivity index (χ2v) is 6.75. The summed E-state index contributed by atoms with van der Waals surface area (Å²) in [5.74, 6) is 1.10. The van der Waals surface area contributed by atoms with Gasteiger partial charge in [-0.05, 0) is 38.1 Å². The smallest absolute Gasteiger partial charge is 0.257 e. The van der Waals surface area contributed by atoms with E-state index in [9.17, 15) is 0 Å². The van der Waals surface area contributed by atoms with Crippen LogP contribution in [0.1, 0.15) is 19.4 Å². The minimum Gasteiger partial charge on any atom is -0.472 e. The van der Waals surface area contributed by atoms with E-state index >= 15 is 0 Å². The van der Waals surface area contributed by atoms with Crippen LogP contribution in [0.2, 0.25) is 0 Å². The predicted octanol–water partition coefficient (Wildman–Crippen LogP) is 4.12. The Hall–Kier alpha value is -3.74. The van der Waals surface area contributed by atoms with Crippen LogP contribution in [0.25, 0.3) is 16.9 Å². The lowest BCUT2D eigenvalue weighted by atomic mass is 10.1. The van der Waals surface area contributed by atoms with Gasteiger partial charge in [0.05, 0.1) is 17.5 Å². The fourth-order valence-corrected chi connectivity index (χ4v) is 2.94.